The summed E-state index contributed by atoms with van der Waals surface area (Å²) in [5.41, 5.74) is 0.869. The van der Waals surface area contributed by atoms with E-state index in [4.69, 9.17) is 4.84 Å². The average molecular weight is 436 g/mol. The SMILES string of the molecule is O=C1C(c2cccc(Br)c2)=CC(O)(c2ccccc2)N1OCc1ccccc1. The van der Waals surface area contributed by atoms with Crippen LogP contribution in [0.3, 0.4) is 0 Å². The van der Waals surface area contributed by atoms with E-state index in [0.29, 0.717) is 16.7 Å². The first-order valence-corrected chi connectivity index (χ1v) is 9.65. The Morgan fingerprint density at radius 3 is 2.29 bits per heavy atom. The van der Waals surface area contributed by atoms with Crippen LogP contribution >= 0.6 is 15.9 Å². The van der Waals surface area contributed by atoms with Crippen LogP contribution in [0.1, 0.15) is 16.7 Å². The van der Waals surface area contributed by atoms with E-state index >= 15 is 0 Å². The molecule has 4 nitrogen and oxygen atoms in total. The molecular formula is C23H18BrNO3. The molecule has 0 aliphatic carbocycles. The highest BCUT2D eigenvalue weighted by Gasteiger charge is 2.47. The average Bonchev–Trinajstić information content (AvgIpc) is 2.99. The smallest absolute Gasteiger partial charge is 0.281 e. The summed E-state index contributed by atoms with van der Waals surface area (Å²) in [5, 5.41) is 12.5. The molecule has 0 bridgehead atoms. The van der Waals surface area contributed by atoms with Crippen molar-refractivity contribution < 1.29 is 14.7 Å². The normalized spacial score (nSPS) is 19.0. The number of halogens is 1. The lowest BCUT2D eigenvalue weighted by atomic mass is 10.0. The van der Waals surface area contributed by atoms with Gasteiger partial charge < -0.3 is 5.11 Å². The molecular weight excluding hydrogens is 418 g/mol. The van der Waals surface area contributed by atoms with Crippen LogP contribution in [0, 0.1) is 0 Å². The molecule has 3 aromatic carbocycles. The zero-order valence-electron chi connectivity index (χ0n) is 15.0. The molecule has 1 heterocycles. The highest BCUT2D eigenvalue weighted by molar-refractivity contribution is 9.10. The van der Waals surface area contributed by atoms with E-state index in [9.17, 15) is 9.90 Å². The van der Waals surface area contributed by atoms with E-state index in [1.165, 1.54) is 0 Å². The van der Waals surface area contributed by atoms with E-state index in [0.717, 1.165) is 15.1 Å². The van der Waals surface area contributed by atoms with Crippen LogP contribution in [0.2, 0.25) is 0 Å². The Labute approximate surface area is 171 Å². The quantitative estimate of drug-likeness (QED) is 0.634. The maximum atomic E-state index is 13.2. The summed E-state index contributed by atoms with van der Waals surface area (Å²) in [5.74, 6) is -0.389. The lowest BCUT2D eigenvalue weighted by Crippen LogP contribution is -2.43. The van der Waals surface area contributed by atoms with Gasteiger partial charge in [0.25, 0.3) is 5.91 Å². The molecule has 4 rings (SSSR count). The topological polar surface area (TPSA) is 49.8 Å². The molecule has 0 saturated heterocycles. The predicted octanol–water partition coefficient (Wildman–Crippen LogP) is 4.65. The Morgan fingerprint density at radius 1 is 0.929 bits per heavy atom. The number of carbonyl (C=O) groups excluding carboxylic acids is 1. The fourth-order valence-electron chi connectivity index (χ4n) is 3.20. The van der Waals surface area contributed by atoms with Gasteiger partial charge in [0.15, 0.2) is 0 Å². The molecule has 28 heavy (non-hydrogen) atoms. The summed E-state index contributed by atoms with van der Waals surface area (Å²) in [6.07, 6.45) is 1.55. The molecule has 0 fully saturated rings. The fraction of sp³-hybridized carbons (Fsp3) is 0.0870. The number of carbonyl (C=O) groups is 1. The van der Waals surface area contributed by atoms with E-state index in [-0.39, 0.29) is 12.5 Å². The second kappa shape index (κ2) is 7.72. The Morgan fingerprint density at radius 2 is 1.61 bits per heavy atom. The van der Waals surface area contributed by atoms with Gasteiger partial charge in [0.1, 0.15) is 6.61 Å². The summed E-state index contributed by atoms with van der Waals surface area (Å²) in [6, 6.07) is 26.0. The van der Waals surface area contributed by atoms with Crippen molar-refractivity contribution in [2.24, 2.45) is 0 Å². The minimum atomic E-state index is -1.69. The number of nitrogens with zero attached hydrogens (tertiary/aromatic N) is 1. The lowest BCUT2D eigenvalue weighted by molar-refractivity contribution is -0.262. The minimum Gasteiger partial charge on any atom is -0.362 e. The third kappa shape index (κ3) is 3.52. The number of hydrogen-bond donors (Lipinski definition) is 1. The number of aliphatic hydroxyl groups is 1. The van der Waals surface area contributed by atoms with E-state index in [1.807, 2.05) is 72.8 Å². The fourth-order valence-corrected chi connectivity index (χ4v) is 3.60. The van der Waals surface area contributed by atoms with Crippen molar-refractivity contribution in [1.29, 1.82) is 0 Å². The molecule has 1 unspecified atom stereocenters. The van der Waals surface area contributed by atoms with Gasteiger partial charge in [-0.05, 0) is 29.3 Å². The molecule has 1 amide bonds. The molecule has 0 spiro atoms. The number of benzene rings is 3. The molecule has 1 N–H and O–H groups in total. The van der Waals surface area contributed by atoms with Crippen LogP contribution < -0.4 is 0 Å². The number of amides is 1. The highest BCUT2D eigenvalue weighted by atomic mass is 79.9. The van der Waals surface area contributed by atoms with Crippen molar-refractivity contribution in [3.05, 3.63) is 112 Å². The van der Waals surface area contributed by atoms with Gasteiger partial charge in [-0.15, -0.1) is 0 Å². The molecule has 0 saturated carbocycles. The van der Waals surface area contributed by atoms with Gasteiger partial charge in [-0.1, -0.05) is 88.7 Å². The number of hydrogen-bond acceptors (Lipinski definition) is 3. The molecule has 0 radical (unpaired) electrons. The monoisotopic (exact) mass is 435 g/mol. The maximum Gasteiger partial charge on any atom is 0.281 e. The molecule has 140 valence electrons. The summed E-state index contributed by atoms with van der Waals surface area (Å²) in [6.45, 7) is 0.168. The summed E-state index contributed by atoms with van der Waals surface area (Å²) < 4.78 is 0.852. The molecule has 0 aromatic heterocycles. The Bertz CT molecular complexity index is 1020. The van der Waals surface area contributed by atoms with Crippen LogP contribution in [0.25, 0.3) is 5.57 Å². The first-order valence-electron chi connectivity index (χ1n) is 8.86. The summed E-state index contributed by atoms with van der Waals surface area (Å²) in [4.78, 5) is 19.0. The third-order valence-electron chi connectivity index (χ3n) is 4.61. The standard InChI is InChI=1S/C23H18BrNO3/c24-20-13-7-10-18(14-20)21-15-23(27,19-11-5-2-6-12-19)25(22(21)26)28-16-17-8-3-1-4-9-17/h1-15,27H,16H2. The van der Waals surface area contributed by atoms with E-state index in [1.54, 1.807) is 18.2 Å². The second-order valence-corrected chi connectivity index (χ2v) is 7.43. The Balaban J connectivity index is 1.72. The minimum absolute atomic E-state index is 0.168. The first-order chi connectivity index (χ1) is 13.6. The predicted molar refractivity (Wildman–Crippen MR) is 111 cm³/mol. The van der Waals surface area contributed by atoms with Crippen molar-refractivity contribution in [2.45, 2.75) is 12.3 Å². The van der Waals surface area contributed by atoms with Crippen molar-refractivity contribution in [3.63, 3.8) is 0 Å². The molecule has 3 aromatic rings. The van der Waals surface area contributed by atoms with E-state index in [2.05, 4.69) is 15.9 Å². The van der Waals surface area contributed by atoms with Crippen molar-refractivity contribution in [3.8, 4) is 0 Å². The zero-order valence-corrected chi connectivity index (χ0v) is 16.5. The van der Waals surface area contributed by atoms with Gasteiger partial charge in [0.2, 0.25) is 5.72 Å². The highest BCUT2D eigenvalue weighted by Crippen LogP contribution is 2.40. The van der Waals surface area contributed by atoms with Crippen LogP contribution in [0.4, 0.5) is 0 Å². The van der Waals surface area contributed by atoms with Gasteiger partial charge in [-0.2, -0.15) is 5.06 Å². The van der Waals surface area contributed by atoms with Crippen molar-refractivity contribution in [2.75, 3.05) is 0 Å². The van der Waals surface area contributed by atoms with Crippen LogP contribution in [-0.2, 0) is 22.0 Å². The maximum absolute atomic E-state index is 13.2. The zero-order chi connectivity index (χ0) is 19.6. The van der Waals surface area contributed by atoms with Crippen LogP contribution in [-0.4, -0.2) is 16.1 Å². The van der Waals surface area contributed by atoms with Crippen molar-refractivity contribution in [1.82, 2.24) is 5.06 Å². The lowest BCUT2D eigenvalue weighted by Gasteiger charge is -2.32. The molecule has 1 aliphatic rings. The third-order valence-corrected chi connectivity index (χ3v) is 5.10. The van der Waals surface area contributed by atoms with E-state index < -0.39 is 5.72 Å². The van der Waals surface area contributed by atoms with Crippen molar-refractivity contribution >= 4 is 27.4 Å². The van der Waals surface area contributed by atoms with Gasteiger partial charge in [-0.25, -0.2) is 0 Å². The number of hydroxylamine groups is 2. The van der Waals surface area contributed by atoms with Gasteiger partial charge >= 0.3 is 0 Å². The summed E-state index contributed by atoms with van der Waals surface area (Å²) >= 11 is 3.43. The first kappa shape index (κ1) is 18.6. The Kier molecular flexibility index (Phi) is 5.13. The van der Waals surface area contributed by atoms with Gasteiger partial charge in [-0.3, -0.25) is 9.63 Å². The summed E-state index contributed by atoms with van der Waals surface area (Å²) in [7, 11) is 0. The second-order valence-electron chi connectivity index (χ2n) is 6.52. The largest absolute Gasteiger partial charge is 0.362 e. The molecule has 1 aliphatic heterocycles. The number of rotatable bonds is 5. The molecule has 5 heteroatoms. The Hall–Kier alpha value is -2.73. The van der Waals surface area contributed by atoms with Gasteiger partial charge in [0, 0.05) is 10.0 Å². The van der Waals surface area contributed by atoms with Crippen LogP contribution in [0.15, 0.2) is 95.5 Å². The molecule has 1 atom stereocenters. The van der Waals surface area contributed by atoms with Crippen LogP contribution in [0.5, 0.6) is 0 Å². The van der Waals surface area contributed by atoms with Gasteiger partial charge in [0.05, 0.1) is 5.57 Å².